The Balaban J connectivity index is 4.13. The van der Waals surface area contributed by atoms with E-state index in [0.29, 0.717) is 11.5 Å². The van der Waals surface area contributed by atoms with E-state index in [1.807, 2.05) is 7.05 Å². The molecule has 0 amide bonds. The summed E-state index contributed by atoms with van der Waals surface area (Å²) in [5, 5.41) is 3.33. The van der Waals surface area contributed by atoms with Gasteiger partial charge in [-0.2, -0.15) is 0 Å². The molecule has 0 rings (SSSR count). The zero-order valence-electron chi connectivity index (χ0n) is 11.3. The van der Waals surface area contributed by atoms with E-state index in [1.165, 1.54) is 0 Å². The molecule has 0 aromatic carbocycles. The Bertz CT molecular complexity index is 160. The molecule has 92 valence electrons. The van der Waals surface area contributed by atoms with E-state index in [1.54, 1.807) is 7.11 Å². The van der Waals surface area contributed by atoms with Gasteiger partial charge in [-0.05, 0) is 25.9 Å². The first-order valence-corrected chi connectivity index (χ1v) is 5.86. The standard InChI is InChI=1S/C12H28N2O/c1-7-14(8-9-15-6)10-12(3,4)11(2)13-5/h11,13H,7-10H2,1-6H3. The quantitative estimate of drug-likeness (QED) is 0.667. The lowest BCUT2D eigenvalue weighted by Gasteiger charge is -2.36. The first kappa shape index (κ1) is 14.9. The van der Waals surface area contributed by atoms with Gasteiger partial charge in [0.2, 0.25) is 0 Å². The third kappa shape index (κ3) is 5.50. The van der Waals surface area contributed by atoms with Crippen LogP contribution in [0.25, 0.3) is 0 Å². The van der Waals surface area contributed by atoms with Gasteiger partial charge >= 0.3 is 0 Å². The number of ether oxygens (including phenoxy) is 1. The molecule has 3 nitrogen and oxygen atoms in total. The van der Waals surface area contributed by atoms with Gasteiger partial charge in [0.25, 0.3) is 0 Å². The van der Waals surface area contributed by atoms with Crippen LogP contribution in [-0.4, -0.2) is 51.3 Å². The second-order valence-electron chi connectivity index (χ2n) is 4.86. The van der Waals surface area contributed by atoms with Crippen LogP contribution in [0.3, 0.4) is 0 Å². The van der Waals surface area contributed by atoms with E-state index in [-0.39, 0.29) is 0 Å². The van der Waals surface area contributed by atoms with Gasteiger partial charge in [0.15, 0.2) is 0 Å². The highest BCUT2D eigenvalue weighted by Gasteiger charge is 2.26. The maximum atomic E-state index is 5.12. The van der Waals surface area contributed by atoms with Crippen molar-refractivity contribution >= 4 is 0 Å². The Labute approximate surface area is 95.2 Å². The predicted octanol–water partition coefficient (Wildman–Crippen LogP) is 1.59. The molecule has 3 heteroatoms. The molecule has 0 saturated heterocycles. The summed E-state index contributed by atoms with van der Waals surface area (Å²) in [5.74, 6) is 0. The van der Waals surface area contributed by atoms with Crippen molar-refractivity contribution in [1.82, 2.24) is 10.2 Å². The van der Waals surface area contributed by atoms with Gasteiger partial charge in [0.1, 0.15) is 0 Å². The highest BCUT2D eigenvalue weighted by Crippen LogP contribution is 2.21. The van der Waals surface area contributed by atoms with Crippen molar-refractivity contribution < 1.29 is 4.74 Å². The maximum absolute atomic E-state index is 5.12. The highest BCUT2D eigenvalue weighted by atomic mass is 16.5. The number of nitrogens with one attached hydrogen (secondary N) is 1. The number of methoxy groups -OCH3 is 1. The summed E-state index contributed by atoms with van der Waals surface area (Å²) < 4.78 is 5.12. The molecule has 0 aliphatic carbocycles. The first-order chi connectivity index (χ1) is 6.97. The van der Waals surface area contributed by atoms with Crippen molar-refractivity contribution in [3.8, 4) is 0 Å². The van der Waals surface area contributed by atoms with E-state index < -0.39 is 0 Å². The Hall–Kier alpha value is -0.120. The predicted molar refractivity (Wildman–Crippen MR) is 66.3 cm³/mol. The molecule has 15 heavy (non-hydrogen) atoms. The van der Waals surface area contributed by atoms with Crippen LogP contribution in [0.5, 0.6) is 0 Å². The molecule has 0 aliphatic heterocycles. The average molecular weight is 216 g/mol. The Morgan fingerprint density at radius 3 is 2.40 bits per heavy atom. The number of nitrogens with zero attached hydrogens (tertiary/aromatic N) is 1. The third-order valence-corrected chi connectivity index (χ3v) is 3.30. The normalized spacial score (nSPS) is 14.6. The molecular formula is C12H28N2O. The minimum atomic E-state index is 0.290. The number of hydrogen-bond acceptors (Lipinski definition) is 3. The van der Waals surface area contributed by atoms with Crippen LogP contribution in [0.15, 0.2) is 0 Å². The van der Waals surface area contributed by atoms with Crippen molar-refractivity contribution in [2.45, 2.75) is 33.7 Å². The molecule has 0 aromatic rings. The monoisotopic (exact) mass is 216 g/mol. The lowest BCUT2D eigenvalue weighted by Crippen LogP contribution is -2.46. The van der Waals surface area contributed by atoms with Crippen LogP contribution in [0.4, 0.5) is 0 Å². The summed E-state index contributed by atoms with van der Waals surface area (Å²) in [5.41, 5.74) is 0.290. The summed E-state index contributed by atoms with van der Waals surface area (Å²) in [6.07, 6.45) is 0. The van der Waals surface area contributed by atoms with Gasteiger partial charge in [0, 0.05) is 26.2 Å². The van der Waals surface area contributed by atoms with E-state index in [9.17, 15) is 0 Å². The van der Waals surface area contributed by atoms with Crippen LogP contribution in [0.2, 0.25) is 0 Å². The summed E-state index contributed by atoms with van der Waals surface area (Å²) in [6, 6.07) is 0.522. The van der Waals surface area contributed by atoms with Gasteiger partial charge in [-0.15, -0.1) is 0 Å². The third-order valence-electron chi connectivity index (χ3n) is 3.30. The minimum Gasteiger partial charge on any atom is -0.383 e. The zero-order valence-corrected chi connectivity index (χ0v) is 11.3. The second-order valence-corrected chi connectivity index (χ2v) is 4.86. The minimum absolute atomic E-state index is 0.290. The Morgan fingerprint density at radius 1 is 1.40 bits per heavy atom. The summed E-state index contributed by atoms with van der Waals surface area (Å²) in [4.78, 5) is 2.44. The molecule has 1 unspecified atom stereocenters. The van der Waals surface area contributed by atoms with Crippen molar-refractivity contribution in [3.05, 3.63) is 0 Å². The topological polar surface area (TPSA) is 24.5 Å². The second kappa shape index (κ2) is 7.20. The van der Waals surface area contributed by atoms with Crippen LogP contribution < -0.4 is 5.32 Å². The van der Waals surface area contributed by atoms with E-state index >= 15 is 0 Å². The Kier molecular flexibility index (Phi) is 7.14. The van der Waals surface area contributed by atoms with Gasteiger partial charge in [-0.25, -0.2) is 0 Å². The van der Waals surface area contributed by atoms with E-state index in [2.05, 4.69) is 37.9 Å². The van der Waals surface area contributed by atoms with Crippen molar-refractivity contribution in [3.63, 3.8) is 0 Å². The van der Waals surface area contributed by atoms with Crippen LogP contribution >= 0.6 is 0 Å². The summed E-state index contributed by atoms with van der Waals surface area (Å²) in [6.45, 7) is 13.1. The Morgan fingerprint density at radius 2 is 2.00 bits per heavy atom. The van der Waals surface area contributed by atoms with Gasteiger partial charge in [0.05, 0.1) is 6.61 Å². The smallest absolute Gasteiger partial charge is 0.0589 e. The molecule has 0 aliphatic rings. The number of likely N-dealkylation sites (N-methyl/N-ethyl adjacent to an activating group) is 1. The van der Waals surface area contributed by atoms with Crippen molar-refractivity contribution in [2.75, 3.05) is 40.4 Å². The number of hydrogen-bond donors (Lipinski definition) is 1. The molecule has 1 N–H and O–H groups in total. The van der Waals surface area contributed by atoms with Gasteiger partial charge in [-0.3, -0.25) is 0 Å². The van der Waals surface area contributed by atoms with Crippen LogP contribution in [-0.2, 0) is 4.74 Å². The molecule has 0 saturated carbocycles. The molecule has 0 spiro atoms. The molecule has 0 radical (unpaired) electrons. The molecule has 0 heterocycles. The molecule has 0 aromatic heterocycles. The first-order valence-electron chi connectivity index (χ1n) is 5.86. The molecule has 0 bridgehead atoms. The van der Waals surface area contributed by atoms with E-state index in [0.717, 1.165) is 26.2 Å². The van der Waals surface area contributed by atoms with Crippen molar-refractivity contribution in [1.29, 1.82) is 0 Å². The lowest BCUT2D eigenvalue weighted by molar-refractivity contribution is 0.108. The van der Waals surface area contributed by atoms with Crippen LogP contribution in [0.1, 0.15) is 27.7 Å². The fraction of sp³-hybridized carbons (Fsp3) is 1.00. The van der Waals surface area contributed by atoms with E-state index in [4.69, 9.17) is 4.74 Å². The van der Waals surface area contributed by atoms with Gasteiger partial charge < -0.3 is 15.0 Å². The fourth-order valence-corrected chi connectivity index (χ4v) is 1.67. The molecular weight excluding hydrogens is 188 g/mol. The maximum Gasteiger partial charge on any atom is 0.0589 e. The van der Waals surface area contributed by atoms with Crippen molar-refractivity contribution in [2.24, 2.45) is 5.41 Å². The summed E-state index contributed by atoms with van der Waals surface area (Å²) >= 11 is 0. The summed E-state index contributed by atoms with van der Waals surface area (Å²) in [7, 11) is 3.78. The lowest BCUT2D eigenvalue weighted by atomic mass is 9.85. The van der Waals surface area contributed by atoms with Gasteiger partial charge in [-0.1, -0.05) is 20.8 Å². The average Bonchev–Trinajstić information content (AvgIpc) is 2.22. The number of rotatable bonds is 8. The zero-order chi connectivity index (χ0) is 11.9. The largest absolute Gasteiger partial charge is 0.383 e. The fourth-order valence-electron chi connectivity index (χ4n) is 1.67. The molecule has 1 atom stereocenters. The molecule has 0 fully saturated rings. The SMILES string of the molecule is CCN(CCOC)CC(C)(C)C(C)NC. The highest BCUT2D eigenvalue weighted by molar-refractivity contribution is 4.82. The van der Waals surface area contributed by atoms with Crippen LogP contribution in [0, 0.1) is 5.41 Å².